The molecule has 1 aromatic rings. The number of anilines is 1. The molecule has 0 radical (unpaired) electrons. The molecule has 0 aromatic heterocycles. The minimum atomic E-state index is -0.635. The second-order valence-electron chi connectivity index (χ2n) is 2.89. The van der Waals surface area contributed by atoms with Crippen molar-refractivity contribution in [1.29, 1.82) is 0 Å². The quantitative estimate of drug-likeness (QED) is 0.681. The zero-order valence-corrected chi connectivity index (χ0v) is 7.47. The Labute approximate surface area is 80.1 Å². The van der Waals surface area contributed by atoms with Crippen molar-refractivity contribution in [2.75, 3.05) is 4.90 Å². The number of imide groups is 1. The lowest BCUT2D eigenvalue weighted by Crippen LogP contribution is -2.27. The number of rotatable bonds is 1. The molecule has 1 aromatic carbocycles. The highest BCUT2D eigenvalue weighted by Gasteiger charge is 2.29. The van der Waals surface area contributed by atoms with Crippen LogP contribution in [0.4, 0.5) is 15.3 Å². The standard InChI is InChI=1S/C9H7N3O2/c1-6-4-2-3-5-7(6)12-8(13)10-11-9(12)14/h2-5H,1H3. The van der Waals surface area contributed by atoms with Crippen LogP contribution in [-0.4, -0.2) is 12.1 Å². The number of para-hydroxylation sites is 1. The first-order valence-electron chi connectivity index (χ1n) is 4.05. The first-order chi connectivity index (χ1) is 6.70. The zero-order valence-electron chi connectivity index (χ0n) is 7.47. The molecule has 0 saturated carbocycles. The van der Waals surface area contributed by atoms with Crippen LogP contribution in [0.3, 0.4) is 0 Å². The summed E-state index contributed by atoms with van der Waals surface area (Å²) in [5.41, 5.74) is 1.37. The van der Waals surface area contributed by atoms with Gasteiger partial charge in [-0.1, -0.05) is 28.4 Å². The van der Waals surface area contributed by atoms with Gasteiger partial charge < -0.3 is 0 Å². The molecule has 14 heavy (non-hydrogen) atoms. The number of urea groups is 2. The van der Waals surface area contributed by atoms with Gasteiger partial charge in [-0.2, -0.15) is 0 Å². The Hall–Kier alpha value is -2.04. The maximum atomic E-state index is 11.2. The lowest BCUT2D eigenvalue weighted by molar-refractivity contribution is 0.249. The number of aryl methyl sites for hydroxylation is 1. The van der Waals surface area contributed by atoms with Gasteiger partial charge in [-0.15, -0.1) is 0 Å². The number of carbonyl (C=O) groups is 2. The van der Waals surface area contributed by atoms with Crippen molar-refractivity contribution >= 4 is 17.7 Å². The summed E-state index contributed by atoms with van der Waals surface area (Å²) in [4.78, 5) is 23.3. The number of carbonyl (C=O) groups excluding carboxylic acids is 2. The molecule has 70 valence electrons. The van der Waals surface area contributed by atoms with E-state index in [0.717, 1.165) is 10.5 Å². The van der Waals surface area contributed by atoms with Gasteiger partial charge in [0.05, 0.1) is 5.69 Å². The fourth-order valence-corrected chi connectivity index (χ4v) is 1.28. The third-order valence-electron chi connectivity index (χ3n) is 1.96. The topological polar surface area (TPSA) is 62.1 Å². The van der Waals surface area contributed by atoms with Crippen molar-refractivity contribution in [2.24, 2.45) is 10.2 Å². The summed E-state index contributed by atoms with van der Waals surface area (Å²) in [5, 5.41) is 6.36. The number of nitrogens with zero attached hydrogens (tertiary/aromatic N) is 3. The monoisotopic (exact) mass is 189 g/mol. The third-order valence-corrected chi connectivity index (χ3v) is 1.96. The van der Waals surface area contributed by atoms with Crippen LogP contribution in [0.5, 0.6) is 0 Å². The van der Waals surface area contributed by atoms with Gasteiger partial charge in [-0.25, -0.2) is 14.5 Å². The lowest BCUT2D eigenvalue weighted by Gasteiger charge is -2.12. The fraction of sp³-hybridized carbons (Fsp3) is 0.111. The number of azo groups is 1. The zero-order chi connectivity index (χ0) is 10.1. The Morgan fingerprint density at radius 1 is 1.07 bits per heavy atom. The Balaban J connectivity index is 2.46. The van der Waals surface area contributed by atoms with Gasteiger partial charge in [-0.05, 0) is 18.6 Å². The molecule has 1 aliphatic rings. The number of amides is 4. The van der Waals surface area contributed by atoms with Gasteiger partial charge in [0.25, 0.3) is 0 Å². The fourth-order valence-electron chi connectivity index (χ4n) is 1.28. The maximum absolute atomic E-state index is 11.2. The van der Waals surface area contributed by atoms with Crippen molar-refractivity contribution in [3.05, 3.63) is 29.8 Å². The van der Waals surface area contributed by atoms with Crippen LogP contribution in [-0.2, 0) is 0 Å². The minimum Gasteiger partial charge on any atom is -0.243 e. The van der Waals surface area contributed by atoms with E-state index in [-0.39, 0.29) is 0 Å². The van der Waals surface area contributed by atoms with Gasteiger partial charge >= 0.3 is 12.1 Å². The highest BCUT2D eigenvalue weighted by atomic mass is 16.2. The molecule has 5 heteroatoms. The van der Waals surface area contributed by atoms with Crippen molar-refractivity contribution in [3.63, 3.8) is 0 Å². The van der Waals surface area contributed by atoms with E-state index in [1.807, 2.05) is 19.1 Å². The summed E-state index contributed by atoms with van der Waals surface area (Å²) in [6.07, 6.45) is 0. The molecule has 1 heterocycles. The summed E-state index contributed by atoms with van der Waals surface area (Å²) in [5.74, 6) is 0. The third kappa shape index (κ3) is 1.19. The van der Waals surface area contributed by atoms with E-state index in [0.29, 0.717) is 5.69 Å². The van der Waals surface area contributed by atoms with E-state index >= 15 is 0 Å². The second kappa shape index (κ2) is 3.02. The van der Waals surface area contributed by atoms with Crippen LogP contribution in [0.25, 0.3) is 0 Å². The van der Waals surface area contributed by atoms with E-state index in [2.05, 4.69) is 10.2 Å². The molecule has 0 atom stereocenters. The van der Waals surface area contributed by atoms with E-state index in [4.69, 9.17) is 0 Å². The van der Waals surface area contributed by atoms with Gasteiger partial charge in [0.1, 0.15) is 0 Å². The maximum Gasteiger partial charge on any atom is 0.375 e. The average molecular weight is 189 g/mol. The molecule has 2 rings (SSSR count). The predicted octanol–water partition coefficient (Wildman–Crippen LogP) is 2.51. The van der Waals surface area contributed by atoms with Crippen LogP contribution < -0.4 is 4.90 Å². The van der Waals surface area contributed by atoms with Crippen molar-refractivity contribution in [2.45, 2.75) is 6.92 Å². The van der Waals surface area contributed by atoms with Crippen LogP contribution in [0, 0.1) is 6.92 Å². The van der Waals surface area contributed by atoms with Crippen LogP contribution in [0.2, 0.25) is 0 Å². The Bertz CT molecular complexity index is 421. The van der Waals surface area contributed by atoms with E-state index in [1.165, 1.54) is 0 Å². The summed E-state index contributed by atoms with van der Waals surface area (Å²) in [6, 6.07) is 5.81. The normalized spacial score (nSPS) is 15.4. The predicted molar refractivity (Wildman–Crippen MR) is 49.3 cm³/mol. The largest absolute Gasteiger partial charge is 0.375 e. The Kier molecular flexibility index (Phi) is 1.85. The van der Waals surface area contributed by atoms with Gasteiger partial charge in [0.2, 0.25) is 0 Å². The van der Waals surface area contributed by atoms with Crippen LogP contribution >= 0.6 is 0 Å². The molecular formula is C9H7N3O2. The summed E-state index contributed by atoms with van der Waals surface area (Å²) in [6.45, 7) is 1.81. The molecule has 0 N–H and O–H groups in total. The number of benzene rings is 1. The average Bonchev–Trinajstić information content (AvgIpc) is 2.48. The smallest absolute Gasteiger partial charge is 0.243 e. The first kappa shape index (κ1) is 8.55. The lowest BCUT2D eigenvalue weighted by atomic mass is 10.2. The van der Waals surface area contributed by atoms with Crippen molar-refractivity contribution < 1.29 is 9.59 Å². The number of hydrogen-bond acceptors (Lipinski definition) is 2. The minimum absolute atomic E-state index is 0.535. The summed E-state index contributed by atoms with van der Waals surface area (Å²) < 4.78 is 0. The SMILES string of the molecule is Cc1ccccc1N1C(=O)N=NC1=O. The Morgan fingerprint density at radius 2 is 1.64 bits per heavy atom. The van der Waals surface area contributed by atoms with Gasteiger partial charge in [-0.3, -0.25) is 0 Å². The summed E-state index contributed by atoms with van der Waals surface area (Å²) in [7, 11) is 0. The molecule has 1 aliphatic heterocycles. The molecule has 0 saturated heterocycles. The van der Waals surface area contributed by atoms with Crippen molar-refractivity contribution in [1.82, 2.24) is 0 Å². The molecule has 0 bridgehead atoms. The van der Waals surface area contributed by atoms with Gasteiger partial charge in [0.15, 0.2) is 0 Å². The molecule has 0 unspecified atom stereocenters. The summed E-state index contributed by atoms with van der Waals surface area (Å²) >= 11 is 0. The highest BCUT2D eigenvalue weighted by molar-refractivity contribution is 6.17. The van der Waals surface area contributed by atoms with Gasteiger partial charge in [0, 0.05) is 0 Å². The van der Waals surface area contributed by atoms with E-state index in [9.17, 15) is 9.59 Å². The second-order valence-corrected chi connectivity index (χ2v) is 2.89. The van der Waals surface area contributed by atoms with Crippen LogP contribution in [0.1, 0.15) is 5.56 Å². The molecule has 0 aliphatic carbocycles. The van der Waals surface area contributed by atoms with Crippen molar-refractivity contribution in [3.8, 4) is 0 Å². The Morgan fingerprint density at radius 3 is 2.21 bits per heavy atom. The van der Waals surface area contributed by atoms with Crippen LogP contribution in [0.15, 0.2) is 34.5 Å². The molecule has 5 nitrogen and oxygen atoms in total. The molecule has 4 amide bonds. The first-order valence-corrected chi connectivity index (χ1v) is 4.05. The highest BCUT2D eigenvalue weighted by Crippen LogP contribution is 2.23. The molecule has 0 spiro atoms. The van der Waals surface area contributed by atoms with E-state index in [1.54, 1.807) is 12.1 Å². The van der Waals surface area contributed by atoms with E-state index < -0.39 is 12.1 Å². The molecule has 0 fully saturated rings. The molecular weight excluding hydrogens is 182 g/mol. The number of hydrogen-bond donors (Lipinski definition) is 0.